The van der Waals surface area contributed by atoms with Gasteiger partial charge in [-0.2, -0.15) is 0 Å². The smallest absolute Gasteiger partial charge is 0.241 e. The molecule has 0 spiro atoms. The summed E-state index contributed by atoms with van der Waals surface area (Å²) in [5, 5.41) is 4.95. The van der Waals surface area contributed by atoms with Crippen LogP contribution in [0.5, 0.6) is 5.75 Å². The summed E-state index contributed by atoms with van der Waals surface area (Å²) in [6, 6.07) is 3.66. The van der Waals surface area contributed by atoms with Gasteiger partial charge >= 0.3 is 0 Å². The van der Waals surface area contributed by atoms with E-state index < -0.39 is 15.8 Å². The molecule has 6 heteroatoms. The lowest BCUT2D eigenvalue weighted by molar-refractivity contribution is 0.279. The van der Waals surface area contributed by atoms with Crippen LogP contribution in [-0.2, 0) is 10.0 Å². The highest BCUT2D eigenvalue weighted by molar-refractivity contribution is 7.89. The van der Waals surface area contributed by atoms with E-state index in [1.165, 1.54) is 12.1 Å². The van der Waals surface area contributed by atoms with Crippen molar-refractivity contribution in [3.8, 4) is 5.75 Å². The van der Waals surface area contributed by atoms with Crippen molar-refractivity contribution in [3.63, 3.8) is 0 Å². The Balaban J connectivity index is 2.47. The molecular formula is C9H10FNO3S. The number of para-hydroxylation sites is 1. The lowest BCUT2D eigenvalue weighted by Crippen LogP contribution is -2.15. The average molecular weight is 231 g/mol. The second kappa shape index (κ2) is 3.46. The highest BCUT2D eigenvalue weighted by Crippen LogP contribution is 2.32. The first-order valence-corrected chi connectivity index (χ1v) is 6.01. The predicted molar refractivity (Wildman–Crippen MR) is 51.4 cm³/mol. The van der Waals surface area contributed by atoms with E-state index >= 15 is 0 Å². The summed E-state index contributed by atoms with van der Waals surface area (Å²) >= 11 is 0. The normalized spacial score (nSPS) is 16.4. The molecule has 1 aliphatic carbocycles. The van der Waals surface area contributed by atoms with Crippen molar-refractivity contribution < 1.29 is 17.5 Å². The van der Waals surface area contributed by atoms with Gasteiger partial charge in [0.05, 0.1) is 6.10 Å². The first-order chi connectivity index (χ1) is 6.98. The van der Waals surface area contributed by atoms with Gasteiger partial charge in [0.25, 0.3) is 0 Å². The minimum absolute atomic E-state index is 0.0811. The molecule has 82 valence electrons. The van der Waals surface area contributed by atoms with Crippen LogP contribution in [0.2, 0.25) is 0 Å². The Morgan fingerprint density at radius 2 is 2.07 bits per heavy atom. The SMILES string of the molecule is NS(=O)(=O)c1cccc(F)c1OC1CC1. The van der Waals surface area contributed by atoms with E-state index in [-0.39, 0.29) is 16.7 Å². The fraction of sp³-hybridized carbons (Fsp3) is 0.333. The molecule has 0 amide bonds. The number of primary sulfonamides is 1. The number of benzene rings is 1. The van der Waals surface area contributed by atoms with E-state index in [2.05, 4.69) is 0 Å². The van der Waals surface area contributed by atoms with Gasteiger partial charge in [0, 0.05) is 0 Å². The van der Waals surface area contributed by atoms with Crippen molar-refractivity contribution in [2.24, 2.45) is 5.14 Å². The van der Waals surface area contributed by atoms with Crippen molar-refractivity contribution in [2.45, 2.75) is 23.8 Å². The van der Waals surface area contributed by atoms with Crippen LogP contribution >= 0.6 is 0 Å². The van der Waals surface area contributed by atoms with Gasteiger partial charge in [0.15, 0.2) is 11.6 Å². The molecule has 4 nitrogen and oxygen atoms in total. The summed E-state index contributed by atoms with van der Waals surface area (Å²) < 4.78 is 40.8. The lowest BCUT2D eigenvalue weighted by Gasteiger charge is -2.09. The molecule has 1 aliphatic rings. The number of sulfonamides is 1. The first-order valence-electron chi connectivity index (χ1n) is 4.46. The number of rotatable bonds is 3. The van der Waals surface area contributed by atoms with Gasteiger partial charge < -0.3 is 4.74 Å². The van der Waals surface area contributed by atoms with Crippen LogP contribution in [0.3, 0.4) is 0 Å². The molecule has 2 N–H and O–H groups in total. The summed E-state index contributed by atoms with van der Waals surface area (Å²) in [7, 11) is -3.94. The van der Waals surface area contributed by atoms with Gasteiger partial charge in [-0.25, -0.2) is 17.9 Å². The molecule has 0 aromatic heterocycles. The molecule has 0 radical (unpaired) electrons. The average Bonchev–Trinajstić information content (AvgIpc) is 2.90. The van der Waals surface area contributed by atoms with Crippen LogP contribution in [0.4, 0.5) is 4.39 Å². The fourth-order valence-electron chi connectivity index (χ4n) is 1.18. The third kappa shape index (κ3) is 2.27. The Labute approximate surface area is 86.9 Å². The predicted octanol–water partition coefficient (Wildman–Crippen LogP) is 1.01. The summed E-state index contributed by atoms with van der Waals surface area (Å²) in [5.41, 5.74) is 0. The maximum absolute atomic E-state index is 13.3. The second-order valence-corrected chi connectivity index (χ2v) is 4.96. The van der Waals surface area contributed by atoms with Crippen LogP contribution in [0, 0.1) is 5.82 Å². The van der Waals surface area contributed by atoms with E-state index in [0.717, 1.165) is 18.9 Å². The number of hydrogen-bond acceptors (Lipinski definition) is 3. The van der Waals surface area contributed by atoms with Gasteiger partial charge in [-0.1, -0.05) is 6.07 Å². The number of halogens is 1. The minimum atomic E-state index is -3.94. The molecule has 1 aromatic rings. The fourth-order valence-corrected chi connectivity index (χ4v) is 1.85. The number of nitrogens with two attached hydrogens (primary N) is 1. The van der Waals surface area contributed by atoms with Crippen molar-refractivity contribution >= 4 is 10.0 Å². The van der Waals surface area contributed by atoms with Crippen molar-refractivity contribution in [1.82, 2.24) is 0 Å². The zero-order valence-corrected chi connectivity index (χ0v) is 8.63. The van der Waals surface area contributed by atoms with Crippen molar-refractivity contribution in [3.05, 3.63) is 24.0 Å². The molecule has 0 unspecified atom stereocenters. The molecule has 1 fully saturated rings. The summed E-state index contributed by atoms with van der Waals surface area (Å²) in [4.78, 5) is -0.297. The number of hydrogen-bond donors (Lipinski definition) is 1. The largest absolute Gasteiger partial charge is 0.486 e. The Morgan fingerprint density at radius 3 is 2.60 bits per heavy atom. The van der Waals surface area contributed by atoms with E-state index in [9.17, 15) is 12.8 Å². The van der Waals surface area contributed by atoms with Gasteiger partial charge in [-0.3, -0.25) is 0 Å². The van der Waals surface area contributed by atoms with Crippen LogP contribution in [0.1, 0.15) is 12.8 Å². The summed E-state index contributed by atoms with van der Waals surface area (Å²) in [6.07, 6.45) is 1.55. The Kier molecular flexibility index (Phi) is 2.40. The first kappa shape index (κ1) is 10.4. The third-order valence-electron chi connectivity index (χ3n) is 2.05. The molecule has 2 rings (SSSR count). The van der Waals surface area contributed by atoms with Crippen molar-refractivity contribution in [1.29, 1.82) is 0 Å². The minimum Gasteiger partial charge on any atom is -0.486 e. The van der Waals surface area contributed by atoms with E-state index in [1.807, 2.05) is 0 Å². The molecular weight excluding hydrogens is 221 g/mol. The van der Waals surface area contributed by atoms with Gasteiger partial charge in [0.2, 0.25) is 10.0 Å². The van der Waals surface area contributed by atoms with E-state index in [1.54, 1.807) is 0 Å². The van der Waals surface area contributed by atoms with Gasteiger partial charge in [-0.15, -0.1) is 0 Å². The lowest BCUT2D eigenvalue weighted by atomic mass is 10.3. The molecule has 0 aliphatic heterocycles. The van der Waals surface area contributed by atoms with E-state index in [4.69, 9.17) is 9.88 Å². The van der Waals surface area contributed by atoms with Crippen LogP contribution in [-0.4, -0.2) is 14.5 Å². The monoisotopic (exact) mass is 231 g/mol. The maximum Gasteiger partial charge on any atom is 0.241 e. The maximum atomic E-state index is 13.3. The molecule has 1 saturated carbocycles. The second-order valence-electron chi connectivity index (χ2n) is 3.43. The van der Waals surface area contributed by atoms with Crippen LogP contribution in [0.25, 0.3) is 0 Å². The Bertz CT molecular complexity index is 482. The standard InChI is InChI=1S/C9H10FNO3S/c10-7-2-1-3-8(15(11,12)13)9(7)14-6-4-5-6/h1-3,6H,4-5H2,(H2,11,12,13). The highest BCUT2D eigenvalue weighted by Gasteiger charge is 2.28. The van der Waals surface area contributed by atoms with Gasteiger partial charge in [-0.05, 0) is 25.0 Å². The Hall–Kier alpha value is -1.14. The van der Waals surface area contributed by atoms with Gasteiger partial charge in [0.1, 0.15) is 4.90 Å². The third-order valence-corrected chi connectivity index (χ3v) is 2.98. The van der Waals surface area contributed by atoms with Crippen LogP contribution < -0.4 is 9.88 Å². The highest BCUT2D eigenvalue weighted by atomic mass is 32.2. The summed E-state index contributed by atoms with van der Waals surface area (Å²) in [5.74, 6) is -0.962. The molecule has 0 atom stereocenters. The topological polar surface area (TPSA) is 69.4 Å². The Morgan fingerprint density at radius 1 is 1.40 bits per heavy atom. The quantitative estimate of drug-likeness (QED) is 0.844. The summed E-state index contributed by atoms with van der Waals surface area (Å²) in [6.45, 7) is 0. The molecule has 0 heterocycles. The molecule has 1 aromatic carbocycles. The van der Waals surface area contributed by atoms with E-state index in [0.29, 0.717) is 0 Å². The number of ether oxygens (including phenoxy) is 1. The van der Waals surface area contributed by atoms with Crippen LogP contribution in [0.15, 0.2) is 23.1 Å². The van der Waals surface area contributed by atoms with Crippen molar-refractivity contribution in [2.75, 3.05) is 0 Å². The zero-order valence-electron chi connectivity index (χ0n) is 7.81. The molecule has 15 heavy (non-hydrogen) atoms. The molecule has 0 saturated heterocycles. The molecule has 0 bridgehead atoms. The zero-order chi connectivity index (χ0) is 11.1.